The minimum atomic E-state index is -0.414. The lowest BCUT2D eigenvalue weighted by Crippen LogP contribution is -2.40. The van der Waals surface area contributed by atoms with E-state index in [1.165, 1.54) is 6.42 Å². The smallest absolute Gasteiger partial charge is 0.256 e. The van der Waals surface area contributed by atoms with Crippen LogP contribution in [0.4, 0.5) is 0 Å². The van der Waals surface area contributed by atoms with Crippen LogP contribution in [0.15, 0.2) is 18.2 Å². The van der Waals surface area contributed by atoms with Gasteiger partial charge in [-0.3, -0.25) is 4.79 Å². The number of aryl methyl sites for hydroxylation is 1. The van der Waals surface area contributed by atoms with E-state index < -0.39 is 6.04 Å². The average molecular weight is 286 g/mol. The molecule has 1 aromatic rings. The van der Waals surface area contributed by atoms with Crippen LogP contribution in [0.2, 0.25) is 0 Å². The summed E-state index contributed by atoms with van der Waals surface area (Å²) in [6.07, 6.45) is 5.56. The molecule has 0 spiro atoms. The van der Waals surface area contributed by atoms with Gasteiger partial charge < -0.3 is 10.1 Å². The minimum absolute atomic E-state index is 0.229. The van der Waals surface area contributed by atoms with Crippen molar-refractivity contribution in [3.63, 3.8) is 0 Å². The van der Waals surface area contributed by atoms with Gasteiger partial charge in [0.15, 0.2) is 0 Å². The summed E-state index contributed by atoms with van der Waals surface area (Å²) in [5.74, 6) is 0.578. The maximum Gasteiger partial charge on any atom is 0.256 e. The number of nitriles is 1. The van der Waals surface area contributed by atoms with E-state index in [4.69, 9.17) is 4.74 Å². The van der Waals surface area contributed by atoms with Crippen molar-refractivity contribution in [2.45, 2.75) is 45.1 Å². The fourth-order valence-corrected chi connectivity index (χ4v) is 2.94. The van der Waals surface area contributed by atoms with E-state index in [9.17, 15) is 10.1 Å². The summed E-state index contributed by atoms with van der Waals surface area (Å²) in [6, 6.07) is 7.32. The Morgan fingerprint density at radius 3 is 2.71 bits per heavy atom. The lowest BCUT2D eigenvalue weighted by Gasteiger charge is -2.26. The number of nitrogens with zero attached hydrogens (tertiary/aromatic N) is 1. The van der Waals surface area contributed by atoms with Crippen molar-refractivity contribution in [1.29, 1.82) is 5.26 Å². The van der Waals surface area contributed by atoms with Crippen molar-refractivity contribution in [3.05, 3.63) is 29.3 Å². The first kappa shape index (κ1) is 15.4. The highest BCUT2D eigenvalue weighted by Gasteiger charge is 2.26. The molecule has 0 saturated heterocycles. The monoisotopic (exact) mass is 286 g/mol. The molecule has 2 rings (SSSR count). The maximum atomic E-state index is 12.4. The Morgan fingerprint density at radius 1 is 1.38 bits per heavy atom. The molecule has 0 radical (unpaired) electrons. The van der Waals surface area contributed by atoms with Crippen molar-refractivity contribution < 1.29 is 9.53 Å². The Labute approximate surface area is 126 Å². The SMILES string of the molecule is COc1ccc(C)cc1C(=O)NC(C#N)C1CCCCC1. The maximum absolute atomic E-state index is 12.4. The number of hydrogen-bond donors (Lipinski definition) is 1. The molecule has 4 nitrogen and oxygen atoms in total. The van der Waals surface area contributed by atoms with Crippen LogP contribution >= 0.6 is 0 Å². The molecule has 0 bridgehead atoms. The molecule has 1 amide bonds. The second-order valence-corrected chi connectivity index (χ2v) is 5.68. The zero-order valence-corrected chi connectivity index (χ0v) is 12.7. The van der Waals surface area contributed by atoms with E-state index in [2.05, 4.69) is 11.4 Å². The molecular formula is C17H22N2O2. The van der Waals surface area contributed by atoms with E-state index >= 15 is 0 Å². The van der Waals surface area contributed by atoms with E-state index in [0.717, 1.165) is 31.2 Å². The highest BCUT2D eigenvalue weighted by Crippen LogP contribution is 2.27. The number of ether oxygens (including phenoxy) is 1. The Kier molecular flexibility index (Phi) is 5.21. The Morgan fingerprint density at radius 2 is 2.10 bits per heavy atom. The zero-order valence-electron chi connectivity index (χ0n) is 12.7. The summed E-state index contributed by atoms with van der Waals surface area (Å²) < 4.78 is 5.24. The number of rotatable bonds is 4. The molecule has 112 valence electrons. The number of benzene rings is 1. The minimum Gasteiger partial charge on any atom is -0.496 e. The lowest BCUT2D eigenvalue weighted by molar-refractivity contribution is 0.0925. The first-order chi connectivity index (χ1) is 10.2. The third-order valence-electron chi connectivity index (χ3n) is 4.15. The number of carbonyl (C=O) groups excluding carboxylic acids is 1. The molecule has 1 aromatic carbocycles. The second kappa shape index (κ2) is 7.12. The Bertz CT molecular complexity index is 542. The number of amides is 1. The summed E-state index contributed by atoms with van der Waals surface area (Å²) in [5.41, 5.74) is 1.49. The second-order valence-electron chi connectivity index (χ2n) is 5.68. The fraction of sp³-hybridized carbons (Fsp3) is 0.529. The summed E-state index contributed by atoms with van der Waals surface area (Å²) in [4.78, 5) is 12.4. The molecule has 1 fully saturated rings. The van der Waals surface area contributed by atoms with Crippen molar-refractivity contribution in [2.75, 3.05) is 7.11 Å². The lowest BCUT2D eigenvalue weighted by atomic mass is 9.84. The third kappa shape index (κ3) is 3.75. The number of nitrogens with one attached hydrogen (secondary N) is 1. The van der Waals surface area contributed by atoms with Gasteiger partial charge in [0, 0.05) is 0 Å². The molecule has 0 heterocycles. The van der Waals surface area contributed by atoms with Gasteiger partial charge in [-0.15, -0.1) is 0 Å². The largest absolute Gasteiger partial charge is 0.496 e. The van der Waals surface area contributed by atoms with Crippen LogP contribution in [-0.2, 0) is 0 Å². The summed E-state index contributed by atoms with van der Waals surface area (Å²) in [6.45, 7) is 1.93. The van der Waals surface area contributed by atoms with Crippen molar-refractivity contribution >= 4 is 5.91 Å². The molecule has 1 unspecified atom stereocenters. The first-order valence-electron chi connectivity index (χ1n) is 7.51. The van der Waals surface area contributed by atoms with Crippen LogP contribution < -0.4 is 10.1 Å². The Hall–Kier alpha value is -2.02. The van der Waals surface area contributed by atoms with Gasteiger partial charge in [0.2, 0.25) is 0 Å². The molecular weight excluding hydrogens is 264 g/mol. The van der Waals surface area contributed by atoms with Gasteiger partial charge in [-0.25, -0.2) is 0 Å². The summed E-state index contributed by atoms with van der Waals surface area (Å²) in [7, 11) is 1.55. The quantitative estimate of drug-likeness (QED) is 0.924. The van der Waals surface area contributed by atoms with Gasteiger partial charge in [-0.1, -0.05) is 30.9 Å². The molecule has 1 saturated carbocycles. The van der Waals surface area contributed by atoms with Crippen molar-refractivity contribution in [1.82, 2.24) is 5.32 Å². The number of hydrogen-bond acceptors (Lipinski definition) is 3. The summed E-state index contributed by atoms with van der Waals surface area (Å²) in [5, 5.41) is 12.2. The molecule has 21 heavy (non-hydrogen) atoms. The topological polar surface area (TPSA) is 62.1 Å². The molecule has 4 heteroatoms. The predicted octanol–water partition coefficient (Wildman–Crippen LogP) is 3.21. The Balaban J connectivity index is 2.12. The summed E-state index contributed by atoms with van der Waals surface area (Å²) >= 11 is 0. The number of carbonyl (C=O) groups is 1. The van der Waals surface area contributed by atoms with Crippen molar-refractivity contribution in [2.24, 2.45) is 5.92 Å². The van der Waals surface area contributed by atoms with E-state index in [0.29, 0.717) is 11.3 Å². The van der Waals surface area contributed by atoms with E-state index in [1.54, 1.807) is 19.2 Å². The standard InChI is InChI=1S/C17H22N2O2/c1-12-8-9-16(21-2)14(10-12)17(20)19-15(11-18)13-6-4-3-5-7-13/h8-10,13,15H,3-7H2,1-2H3,(H,19,20). The molecule has 0 aromatic heterocycles. The third-order valence-corrected chi connectivity index (χ3v) is 4.15. The van der Waals surface area contributed by atoms with Gasteiger partial charge in [-0.05, 0) is 37.8 Å². The highest BCUT2D eigenvalue weighted by atomic mass is 16.5. The fourth-order valence-electron chi connectivity index (χ4n) is 2.94. The van der Waals surface area contributed by atoms with Gasteiger partial charge in [-0.2, -0.15) is 5.26 Å². The van der Waals surface area contributed by atoms with Gasteiger partial charge in [0.25, 0.3) is 5.91 Å². The average Bonchev–Trinajstić information content (AvgIpc) is 2.53. The van der Waals surface area contributed by atoms with Crippen LogP contribution in [0.1, 0.15) is 48.0 Å². The zero-order chi connectivity index (χ0) is 15.2. The van der Waals surface area contributed by atoms with E-state index in [1.807, 2.05) is 13.0 Å². The highest BCUT2D eigenvalue weighted by molar-refractivity contribution is 5.97. The van der Waals surface area contributed by atoms with Gasteiger partial charge in [0.05, 0.1) is 18.7 Å². The molecule has 0 aliphatic heterocycles. The molecule has 1 N–H and O–H groups in total. The molecule has 1 aliphatic rings. The van der Waals surface area contributed by atoms with Crippen LogP contribution in [0.25, 0.3) is 0 Å². The van der Waals surface area contributed by atoms with Gasteiger partial charge >= 0.3 is 0 Å². The van der Waals surface area contributed by atoms with Crippen LogP contribution in [0, 0.1) is 24.2 Å². The normalized spacial score (nSPS) is 16.8. The van der Waals surface area contributed by atoms with Gasteiger partial charge in [0.1, 0.15) is 11.8 Å². The van der Waals surface area contributed by atoms with Crippen LogP contribution in [0.3, 0.4) is 0 Å². The van der Waals surface area contributed by atoms with Crippen LogP contribution in [-0.4, -0.2) is 19.1 Å². The molecule has 1 atom stereocenters. The number of methoxy groups -OCH3 is 1. The molecule has 1 aliphatic carbocycles. The first-order valence-corrected chi connectivity index (χ1v) is 7.51. The van der Waals surface area contributed by atoms with E-state index in [-0.39, 0.29) is 11.8 Å². The van der Waals surface area contributed by atoms with Crippen LogP contribution in [0.5, 0.6) is 5.75 Å². The van der Waals surface area contributed by atoms with Crippen molar-refractivity contribution in [3.8, 4) is 11.8 Å². The predicted molar refractivity (Wildman–Crippen MR) is 81.2 cm³/mol.